The third-order valence-corrected chi connectivity index (χ3v) is 5.33. The molecule has 0 aliphatic rings. The van der Waals surface area contributed by atoms with Gasteiger partial charge in [0.05, 0.1) is 0 Å². The average molecular weight is 295 g/mol. The average Bonchev–Trinajstić information content (AvgIpc) is 2.91. The number of benzene rings is 2. The highest BCUT2D eigenvalue weighted by atomic mass is 32.1. The molecule has 1 aromatic heterocycles. The second-order valence-corrected chi connectivity index (χ2v) is 6.77. The van der Waals surface area contributed by atoms with E-state index < -0.39 is 0 Å². The number of fused-ring (bicyclic) bond motifs is 1. The molecule has 1 nitrogen and oxygen atoms in total. The lowest BCUT2D eigenvalue weighted by molar-refractivity contribution is 0.499. The summed E-state index contributed by atoms with van der Waals surface area (Å²) in [6, 6.07) is 20.2. The zero-order valence-electron chi connectivity index (χ0n) is 12.8. The standard InChI is InChI=1S/C19H21NS/c1-13-8-4-6-10-17(13)14(2)20-15(3)19-12-16-9-5-7-11-18(16)21-19/h4-12,14-15,20H,1-3H3/t14-,15?/m0/s1. The smallest absolute Gasteiger partial charge is 0.0391 e. The quantitative estimate of drug-likeness (QED) is 0.658. The van der Waals surface area contributed by atoms with Gasteiger partial charge in [-0.1, -0.05) is 42.5 Å². The fraction of sp³-hybridized carbons (Fsp3) is 0.263. The molecule has 2 heteroatoms. The van der Waals surface area contributed by atoms with Gasteiger partial charge < -0.3 is 5.32 Å². The Morgan fingerprint density at radius 3 is 2.38 bits per heavy atom. The SMILES string of the molecule is Cc1ccccc1[C@H](C)NC(C)c1cc2ccccc2s1. The van der Waals surface area contributed by atoms with Gasteiger partial charge in [-0.15, -0.1) is 11.3 Å². The Morgan fingerprint density at radius 1 is 0.905 bits per heavy atom. The highest BCUT2D eigenvalue weighted by molar-refractivity contribution is 7.19. The van der Waals surface area contributed by atoms with Crippen LogP contribution in [0.1, 0.15) is 41.9 Å². The monoisotopic (exact) mass is 295 g/mol. The van der Waals surface area contributed by atoms with Crippen LogP contribution < -0.4 is 5.32 Å². The molecule has 0 fully saturated rings. The van der Waals surface area contributed by atoms with Gasteiger partial charge in [-0.2, -0.15) is 0 Å². The molecule has 1 heterocycles. The minimum Gasteiger partial charge on any atom is -0.303 e. The Morgan fingerprint density at radius 2 is 1.62 bits per heavy atom. The lowest BCUT2D eigenvalue weighted by Crippen LogP contribution is -2.22. The molecular formula is C19H21NS. The van der Waals surface area contributed by atoms with Crippen LogP contribution in [-0.2, 0) is 0 Å². The Hall–Kier alpha value is -1.64. The number of nitrogens with one attached hydrogen (secondary N) is 1. The van der Waals surface area contributed by atoms with Crippen LogP contribution in [0.15, 0.2) is 54.6 Å². The van der Waals surface area contributed by atoms with E-state index in [9.17, 15) is 0 Å². The first-order valence-electron chi connectivity index (χ1n) is 7.45. The minimum absolute atomic E-state index is 0.353. The molecule has 3 aromatic rings. The summed E-state index contributed by atoms with van der Waals surface area (Å²) in [7, 11) is 0. The molecule has 0 radical (unpaired) electrons. The summed E-state index contributed by atoms with van der Waals surface area (Å²) in [5.41, 5.74) is 2.73. The maximum atomic E-state index is 3.72. The molecule has 2 atom stereocenters. The van der Waals surface area contributed by atoms with Gasteiger partial charge in [-0.05, 0) is 49.4 Å². The van der Waals surface area contributed by atoms with Crippen molar-refractivity contribution in [2.45, 2.75) is 32.9 Å². The van der Waals surface area contributed by atoms with Gasteiger partial charge in [0.2, 0.25) is 0 Å². The second kappa shape index (κ2) is 6.00. The van der Waals surface area contributed by atoms with Crippen molar-refractivity contribution in [2.75, 3.05) is 0 Å². The lowest BCUT2D eigenvalue weighted by Gasteiger charge is -2.21. The molecule has 108 valence electrons. The molecule has 0 bridgehead atoms. The largest absolute Gasteiger partial charge is 0.303 e. The van der Waals surface area contributed by atoms with Gasteiger partial charge in [-0.25, -0.2) is 0 Å². The van der Waals surface area contributed by atoms with E-state index in [-0.39, 0.29) is 0 Å². The van der Waals surface area contributed by atoms with Gasteiger partial charge in [0, 0.05) is 21.7 Å². The summed E-state index contributed by atoms with van der Waals surface area (Å²) < 4.78 is 1.37. The maximum Gasteiger partial charge on any atom is 0.0391 e. The molecule has 1 N–H and O–H groups in total. The van der Waals surface area contributed by atoms with Gasteiger partial charge in [-0.3, -0.25) is 0 Å². The summed E-state index contributed by atoms with van der Waals surface area (Å²) in [4.78, 5) is 1.40. The van der Waals surface area contributed by atoms with Crippen molar-refractivity contribution in [3.63, 3.8) is 0 Å². The molecule has 0 saturated carbocycles. The second-order valence-electron chi connectivity index (χ2n) is 5.65. The van der Waals surface area contributed by atoms with Crippen molar-refractivity contribution in [2.24, 2.45) is 0 Å². The fourth-order valence-corrected chi connectivity index (χ4v) is 3.91. The molecule has 2 aromatic carbocycles. The third kappa shape index (κ3) is 3.02. The van der Waals surface area contributed by atoms with Crippen LogP contribution >= 0.6 is 11.3 Å². The zero-order valence-corrected chi connectivity index (χ0v) is 13.6. The van der Waals surface area contributed by atoms with E-state index >= 15 is 0 Å². The normalized spacial score (nSPS) is 14.2. The van der Waals surface area contributed by atoms with Crippen molar-refractivity contribution in [3.05, 3.63) is 70.6 Å². The predicted molar refractivity (Wildman–Crippen MR) is 93.0 cm³/mol. The highest BCUT2D eigenvalue weighted by Gasteiger charge is 2.14. The van der Waals surface area contributed by atoms with Crippen molar-refractivity contribution < 1.29 is 0 Å². The van der Waals surface area contributed by atoms with Crippen molar-refractivity contribution in [1.82, 2.24) is 5.32 Å². The van der Waals surface area contributed by atoms with Crippen LogP contribution in [0.25, 0.3) is 10.1 Å². The van der Waals surface area contributed by atoms with Gasteiger partial charge in [0.1, 0.15) is 0 Å². The number of aryl methyl sites for hydroxylation is 1. The van der Waals surface area contributed by atoms with Crippen molar-refractivity contribution in [3.8, 4) is 0 Å². The van der Waals surface area contributed by atoms with E-state index in [1.54, 1.807) is 0 Å². The predicted octanol–water partition coefficient (Wildman–Crippen LogP) is 5.62. The lowest BCUT2D eigenvalue weighted by atomic mass is 10.0. The summed E-state index contributed by atoms with van der Waals surface area (Å²) in [6.45, 7) is 6.67. The van der Waals surface area contributed by atoms with Crippen LogP contribution in [0.5, 0.6) is 0 Å². The van der Waals surface area contributed by atoms with Crippen LogP contribution in [0.3, 0.4) is 0 Å². The van der Waals surface area contributed by atoms with Crippen LogP contribution in [0.2, 0.25) is 0 Å². The summed E-state index contributed by atoms with van der Waals surface area (Å²) >= 11 is 1.88. The van der Waals surface area contributed by atoms with E-state index in [1.807, 2.05) is 11.3 Å². The minimum atomic E-state index is 0.353. The molecule has 0 amide bonds. The Bertz CT molecular complexity index is 711. The van der Waals surface area contributed by atoms with Crippen molar-refractivity contribution in [1.29, 1.82) is 0 Å². The van der Waals surface area contributed by atoms with Gasteiger partial charge in [0.15, 0.2) is 0 Å². The van der Waals surface area contributed by atoms with E-state index in [0.717, 1.165) is 0 Å². The summed E-state index contributed by atoms with van der Waals surface area (Å²) in [5, 5.41) is 5.07. The molecule has 3 rings (SSSR count). The first-order chi connectivity index (χ1) is 10.1. The Labute approximate surface area is 130 Å². The van der Waals surface area contributed by atoms with E-state index in [4.69, 9.17) is 0 Å². The van der Waals surface area contributed by atoms with Crippen molar-refractivity contribution >= 4 is 21.4 Å². The van der Waals surface area contributed by atoms with E-state index in [0.29, 0.717) is 12.1 Å². The molecule has 0 aliphatic carbocycles. The number of hydrogen-bond donors (Lipinski definition) is 1. The molecule has 0 spiro atoms. The highest BCUT2D eigenvalue weighted by Crippen LogP contribution is 2.31. The van der Waals surface area contributed by atoms with Crippen LogP contribution in [-0.4, -0.2) is 0 Å². The molecular weight excluding hydrogens is 274 g/mol. The fourth-order valence-electron chi connectivity index (χ4n) is 2.84. The number of hydrogen-bond acceptors (Lipinski definition) is 2. The summed E-state index contributed by atoms with van der Waals surface area (Å²) in [5.74, 6) is 0. The van der Waals surface area contributed by atoms with Gasteiger partial charge in [0.25, 0.3) is 0 Å². The number of rotatable bonds is 4. The first-order valence-corrected chi connectivity index (χ1v) is 8.27. The topological polar surface area (TPSA) is 12.0 Å². The maximum absolute atomic E-state index is 3.72. The zero-order chi connectivity index (χ0) is 14.8. The summed E-state index contributed by atoms with van der Waals surface area (Å²) in [6.07, 6.45) is 0. The van der Waals surface area contributed by atoms with E-state index in [1.165, 1.54) is 26.1 Å². The van der Waals surface area contributed by atoms with Crippen LogP contribution in [0, 0.1) is 6.92 Å². The Balaban J connectivity index is 1.79. The van der Waals surface area contributed by atoms with Gasteiger partial charge >= 0.3 is 0 Å². The Kier molecular flexibility index (Phi) is 4.09. The first kappa shape index (κ1) is 14.3. The molecule has 0 aliphatic heterocycles. The third-order valence-electron chi connectivity index (χ3n) is 4.03. The van der Waals surface area contributed by atoms with E-state index in [2.05, 4.69) is 80.7 Å². The van der Waals surface area contributed by atoms with Crippen LogP contribution in [0.4, 0.5) is 0 Å². The molecule has 21 heavy (non-hydrogen) atoms. The molecule has 0 saturated heterocycles. The molecule has 1 unspecified atom stereocenters. The number of thiophene rings is 1.